The minimum absolute atomic E-state index is 0.265. The van der Waals surface area contributed by atoms with Crippen molar-refractivity contribution in [1.29, 1.82) is 0 Å². The quantitative estimate of drug-likeness (QED) is 0.679. The summed E-state index contributed by atoms with van der Waals surface area (Å²) in [5, 5.41) is 3.80. The Hall–Kier alpha value is -2.41. The van der Waals surface area contributed by atoms with E-state index in [0.29, 0.717) is 28.8 Å². The molecule has 1 aromatic heterocycles. The summed E-state index contributed by atoms with van der Waals surface area (Å²) in [5.41, 5.74) is 11.4. The predicted molar refractivity (Wildman–Crippen MR) is 84.2 cm³/mol. The number of rotatable bonds is 7. The molecule has 0 unspecified atom stereocenters. The van der Waals surface area contributed by atoms with Gasteiger partial charge in [0.15, 0.2) is 5.75 Å². The predicted octanol–water partition coefficient (Wildman–Crippen LogP) is 1.93. The van der Waals surface area contributed by atoms with Crippen molar-refractivity contribution in [1.82, 2.24) is 0 Å². The van der Waals surface area contributed by atoms with Crippen molar-refractivity contribution < 1.29 is 14.3 Å². The maximum Gasteiger partial charge on any atom is 0.261 e. The highest BCUT2D eigenvalue weighted by Crippen LogP contribution is 2.41. The molecule has 0 spiro atoms. The third-order valence-corrected chi connectivity index (χ3v) is 3.89. The average molecular weight is 307 g/mol. The molecular weight excluding hydrogens is 290 g/mol. The first kappa shape index (κ1) is 15.0. The summed E-state index contributed by atoms with van der Waals surface area (Å²) in [6.45, 7) is 1.01. The number of carbonyl (C=O) groups excluding carboxylic acids is 1. The monoisotopic (exact) mass is 307 g/mol. The van der Waals surface area contributed by atoms with Crippen LogP contribution in [0.3, 0.4) is 0 Å². The van der Waals surface area contributed by atoms with Crippen LogP contribution >= 0.6 is 11.3 Å². The molecule has 0 bridgehead atoms. The number of benzene rings is 1. The van der Waals surface area contributed by atoms with Crippen molar-refractivity contribution >= 4 is 27.9 Å². The van der Waals surface area contributed by atoms with Gasteiger partial charge in [0, 0.05) is 6.54 Å². The van der Waals surface area contributed by atoms with Gasteiger partial charge in [-0.1, -0.05) is 18.2 Å². The number of primary amides is 1. The second-order valence-corrected chi connectivity index (χ2v) is 5.18. The van der Waals surface area contributed by atoms with E-state index in [-0.39, 0.29) is 5.69 Å². The Kier molecular flexibility index (Phi) is 4.89. The van der Waals surface area contributed by atoms with Crippen LogP contribution < -0.4 is 26.3 Å². The number of hydrogen-bond donors (Lipinski definition) is 3. The average Bonchev–Trinajstić information content (AvgIpc) is 2.81. The number of nitrogens with two attached hydrogens (primary N) is 2. The van der Waals surface area contributed by atoms with E-state index in [2.05, 4.69) is 5.32 Å². The Balaban J connectivity index is 1.94. The lowest BCUT2D eigenvalue weighted by atomic mass is 10.3. The Morgan fingerprint density at radius 3 is 2.67 bits per heavy atom. The van der Waals surface area contributed by atoms with Crippen molar-refractivity contribution in [2.24, 2.45) is 5.73 Å². The van der Waals surface area contributed by atoms with Gasteiger partial charge in [0.1, 0.15) is 27.9 Å². The zero-order chi connectivity index (χ0) is 15.2. The first-order chi connectivity index (χ1) is 10.1. The molecule has 0 saturated carbocycles. The van der Waals surface area contributed by atoms with E-state index >= 15 is 0 Å². The molecule has 0 aliphatic carbocycles. The van der Waals surface area contributed by atoms with E-state index in [9.17, 15) is 4.79 Å². The third-order valence-electron chi connectivity index (χ3n) is 2.73. The third kappa shape index (κ3) is 3.57. The van der Waals surface area contributed by atoms with Gasteiger partial charge >= 0.3 is 0 Å². The molecule has 112 valence electrons. The maximum absolute atomic E-state index is 11.3. The van der Waals surface area contributed by atoms with Crippen LogP contribution in [0.2, 0.25) is 0 Å². The minimum atomic E-state index is -0.565. The van der Waals surface area contributed by atoms with E-state index in [4.69, 9.17) is 20.9 Å². The summed E-state index contributed by atoms with van der Waals surface area (Å²) in [7, 11) is 1.49. The number of nitrogen functional groups attached to an aromatic ring is 1. The van der Waals surface area contributed by atoms with E-state index in [0.717, 1.165) is 5.75 Å². The maximum atomic E-state index is 11.3. The van der Waals surface area contributed by atoms with Gasteiger partial charge in [0.2, 0.25) is 0 Å². The molecule has 0 radical (unpaired) electrons. The highest BCUT2D eigenvalue weighted by molar-refractivity contribution is 7.19. The molecule has 5 N–H and O–H groups in total. The summed E-state index contributed by atoms with van der Waals surface area (Å²) >= 11 is 1.17. The van der Waals surface area contributed by atoms with Crippen molar-refractivity contribution in [3.05, 3.63) is 35.2 Å². The number of ether oxygens (including phenoxy) is 2. The Labute approximate surface area is 126 Å². The number of thiophene rings is 1. The van der Waals surface area contributed by atoms with Gasteiger partial charge in [-0.05, 0) is 12.1 Å². The van der Waals surface area contributed by atoms with E-state index in [1.165, 1.54) is 18.4 Å². The second kappa shape index (κ2) is 6.85. The lowest BCUT2D eigenvalue weighted by molar-refractivity contribution is 0.100. The number of nitrogens with one attached hydrogen (secondary N) is 1. The van der Waals surface area contributed by atoms with Crippen molar-refractivity contribution in [2.75, 3.05) is 31.3 Å². The van der Waals surface area contributed by atoms with Crippen LogP contribution in [0.25, 0.3) is 0 Å². The molecule has 2 rings (SSSR count). The highest BCUT2D eigenvalue weighted by Gasteiger charge is 2.19. The molecule has 0 atom stereocenters. The number of carbonyl (C=O) groups is 1. The SMILES string of the molecule is COc1c(NCCOc2ccccc2)sc(C(N)=O)c1N. The smallest absolute Gasteiger partial charge is 0.261 e. The van der Waals surface area contributed by atoms with Crippen LogP contribution in [-0.2, 0) is 0 Å². The standard InChI is InChI=1S/C14H17N3O3S/c1-19-11-10(15)12(13(16)18)21-14(11)17-7-8-20-9-5-3-2-4-6-9/h2-6,17H,7-8,15H2,1H3,(H2,16,18). The first-order valence-electron chi connectivity index (χ1n) is 6.31. The Morgan fingerprint density at radius 1 is 1.33 bits per heavy atom. The fourth-order valence-electron chi connectivity index (χ4n) is 1.78. The molecule has 7 heteroatoms. The van der Waals surface area contributed by atoms with Crippen molar-refractivity contribution in [2.45, 2.75) is 0 Å². The highest BCUT2D eigenvalue weighted by atomic mass is 32.1. The largest absolute Gasteiger partial charge is 0.492 e. The van der Waals surface area contributed by atoms with Gasteiger partial charge in [-0.25, -0.2) is 0 Å². The van der Waals surface area contributed by atoms with Crippen LogP contribution in [0.1, 0.15) is 9.67 Å². The zero-order valence-corrected chi connectivity index (χ0v) is 12.4. The lowest BCUT2D eigenvalue weighted by Gasteiger charge is -2.08. The Morgan fingerprint density at radius 2 is 2.05 bits per heavy atom. The number of methoxy groups -OCH3 is 1. The first-order valence-corrected chi connectivity index (χ1v) is 7.13. The summed E-state index contributed by atoms with van der Waals surface area (Å²) in [4.78, 5) is 11.6. The van der Waals surface area contributed by atoms with E-state index in [1.54, 1.807) is 0 Å². The molecular formula is C14H17N3O3S. The zero-order valence-electron chi connectivity index (χ0n) is 11.6. The summed E-state index contributed by atoms with van der Waals surface area (Å²) in [6.07, 6.45) is 0. The number of anilines is 2. The molecule has 0 aliphatic rings. The van der Waals surface area contributed by atoms with Gasteiger partial charge in [-0.2, -0.15) is 0 Å². The molecule has 0 fully saturated rings. The molecule has 21 heavy (non-hydrogen) atoms. The fraction of sp³-hybridized carbons (Fsp3) is 0.214. The van der Waals surface area contributed by atoms with Gasteiger partial charge in [-0.15, -0.1) is 11.3 Å². The van der Waals surface area contributed by atoms with E-state index < -0.39 is 5.91 Å². The fourth-order valence-corrected chi connectivity index (χ4v) is 2.75. The molecule has 1 amide bonds. The minimum Gasteiger partial charge on any atom is -0.492 e. The number of para-hydroxylation sites is 1. The molecule has 2 aromatic rings. The van der Waals surface area contributed by atoms with Gasteiger partial charge in [0.05, 0.1) is 7.11 Å². The molecule has 1 aromatic carbocycles. The topological polar surface area (TPSA) is 99.6 Å². The summed E-state index contributed by atoms with van der Waals surface area (Å²) in [5.74, 6) is 0.674. The van der Waals surface area contributed by atoms with Gasteiger partial charge < -0.3 is 26.3 Å². The van der Waals surface area contributed by atoms with Crippen LogP contribution in [0.5, 0.6) is 11.5 Å². The van der Waals surface area contributed by atoms with Crippen LogP contribution in [0, 0.1) is 0 Å². The number of hydrogen-bond acceptors (Lipinski definition) is 6. The van der Waals surface area contributed by atoms with Crippen LogP contribution in [0.15, 0.2) is 30.3 Å². The number of amides is 1. The second-order valence-electron chi connectivity index (χ2n) is 4.16. The van der Waals surface area contributed by atoms with Crippen molar-refractivity contribution in [3.63, 3.8) is 0 Å². The Bertz CT molecular complexity index is 613. The molecule has 6 nitrogen and oxygen atoms in total. The molecule has 0 aliphatic heterocycles. The van der Waals surface area contributed by atoms with Crippen LogP contribution in [-0.4, -0.2) is 26.2 Å². The summed E-state index contributed by atoms with van der Waals surface area (Å²) in [6, 6.07) is 9.51. The normalized spacial score (nSPS) is 10.1. The van der Waals surface area contributed by atoms with E-state index in [1.807, 2.05) is 30.3 Å². The summed E-state index contributed by atoms with van der Waals surface area (Å²) < 4.78 is 10.8. The van der Waals surface area contributed by atoms with Crippen molar-refractivity contribution in [3.8, 4) is 11.5 Å². The van der Waals surface area contributed by atoms with Gasteiger partial charge in [0.25, 0.3) is 5.91 Å². The molecule has 1 heterocycles. The van der Waals surface area contributed by atoms with Crippen LogP contribution in [0.4, 0.5) is 10.7 Å². The van der Waals surface area contributed by atoms with Gasteiger partial charge in [-0.3, -0.25) is 4.79 Å². The molecule has 0 saturated heterocycles. The lowest BCUT2D eigenvalue weighted by Crippen LogP contribution is -2.11.